The number of nitrogens with zero attached hydrogens (tertiary/aromatic N) is 1. The number of esters is 1. The number of carbonyl (C=O) groups is 1. The molecule has 0 aromatic heterocycles. The van der Waals surface area contributed by atoms with Gasteiger partial charge in [0.1, 0.15) is 6.61 Å². The number of carbonyl (C=O) groups excluding carboxylic acids is 1. The number of ether oxygens (including phenoxy) is 1. The predicted molar refractivity (Wildman–Crippen MR) is 46.6 cm³/mol. The molecule has 1 aliphatic heterocycles. The van der Waals surface area contributed by atoms with E-state index >= 15 is 0 Å². The van der Waals surface area contributed by atoms with Crippen molar-refractivity contribution in [3.63, 3.8) is 0 Å². The predicted octanol–water partition coefficient (Wildman–Crippen LogP) is 1.19. The van der Waals surface area contributed by atoms with Crippen LogP contribution in [0.2, 0.25) is 0 Å². The highest BCUT2D eigenvalue weighted by Gasteiger charge is 2.18. The molecule has 0 spiro atoms. The van der Waals surface area contributed by atoms with Crippen LogP contribution in [0.4, 0.5) is 5.69 Å². The second kappa shape index (κ2) is 3.10. The average Bonchev–Trinajstić information content (AvgIpc) is 2.16. The van der Waals surface area contributed by atoms with E-state index in [0.29, 0.717) is 0 Å². The number of non-ortho nitro benzene ring substituents is 1. The minimum Gasteiger partial charge on any atom is -0.461 e. The first-order valence-corrected chi connectivity index (χ1v) is 4.08. The van der Waals surface area contributed by atoms with Crippen molar-refractivity contribution in [3.8, 4) is 0 Å². The molecule has 0 radical (unpaired) electrons. The van der Waals surface area contributed by atoms with E-state index in [0.717, 1.165) is 11.1 Å². The fourth-order valence-corrected chi connectivity index (χ4v) is 1.40. The summed E-state index contributed by atoms with van der Waals surface area (Å²) in [5, 5.41) is 10.4. The fourth-order valence-electron chi connectivity index (χ4n) is 1.40. The molecule has 0 aliphatic carbocycles. The van der Waals surface area contributed by atoms with E-state index in [2.05, 4.69) is 0 Å². The maximum Gasteiger partial charge on any atom is 0.310 e. The van der Waals surface area contributed by atoms with Gasteiger partial charge in [-0.3, -0.25) is 14.9 Å². The van der Waals surface area contributed by atoms with Crippen LogP contribution in [0.5, 0.6) is 0 Å². The van der Waals surface area contributed by atoms with Gasteiger partial charge in [0.2, 0.25) is 0 Å². The van der Waals surface area contributed by atoms with E-state index in [4.69, 9.17) is 4.74 Å². The lowest BCUT2D eigenvalue weighted by Crippen LogP contribution is -2.16. The molecule has 1 aromatic rings. The van der Waals surface area contributed by atoms with Crippen molar-refractivity contribution in [1.29, 1.82) is 0 Å². The SMILES string of the molecule is O=C1Cc2ccc([N+](=O)[O-])cc2CO1. The number of nitro groups is 1. The van der Waals surface area contributed by atoms with Crippen molar-refractivity contribution in [2.45, 2.75) is 13.0 Å². The van der Waals surface area contributed by atoms with E-state index in [1.807, 2.05) is 0 Å². The molecule has 0 unspecified atom stereocenters. The van der Waals surface area contributed by atoms with E-state index < -0.39 is 4.92 Å². The van der Waals surface area contributed by atoms with Crippen molar-refractivity contribution in [2.24, 2.45) is 0 Å². The molecule has 14 heavy (non-hydrogen) atoms. The number of rotatable bonds is 1. The fraction of sp³-hybridized carbons (Fsp3) is 0.222. The van der Waals surface area contributed by atoms with E-state index in [-0.39, 0.29) is 24.7 Å². The van der Waals surface area contributed by atoms with Gasteiger partial charge in [-0.2, -0.15) is 0 Å². The zero-order chi connectivity index (χ0) is 10.1. The van der Waals surface area contributed by atoms with Gasteiger partial charge >= 0.3 is 5.97 Å². The van der Waals surface area contributed by atoms with Crippen LogP contribution in [0.3, 0.4) is 0 Å². The van der Waals surface area contributed by atoms with Crippen molar-refractivity contribution < 1.29 is 14.5 Å². The highest BCUT2D eigenvalue weighted by atomic mass is 16.6. The van der Waals surface area contributed by atoms with Crippen LogP contribution in [-0.4, -0.2) is 10.9 Å². The molecule has 5 heteroatoms. The normalized spacial score (nSPS) is 14.4. The van der Waals surface area contributed by atoms with Crippen LogP contribution in [0, 0.1) is 10.1 Å². The van der Waals surface area contributed by atoms with Gasteiger partial charge < -0.3 is 4.74 Å². The first-order chi connectivity index (χ1) is 6.66. The summed E-state index contributed by atoms with van der Waals surface area (Å²) in [5.41, 5.74) is 1.56. The third kappa shape index (κ3) is 1.44. The number of hydrogen-bond acceptors (Lipinski definition) is 4. The number of cyclic esters (lactones) is 1. The molecule has 0 atom stereocenters. The summed E-state index contributed by atoms with van der Waals surface area (Å²) in [4.78, 5) is 20.9. The van der Waals surface area contributed by atoms with Crippen LogP contribution in [0.1, 0.15) is 11.1 Å². The zero-order valence-electron chi connectivity index (χ0n) is 7.23. The molecular formula is C9H7NO4. The van der Waals surface area contributed by atoms with Crippen molar-refractivity contribution in [2.75, 3.05) is 0 Å². The Bertz CT molecular complexity index is 413. The monoisotopic (exact) mass is 193 g/mol. The van der Waals surface area contributed by atoms with Gasteiger partial charge in [-0.1, -0.05) is 6.07 Å². The van der Waals surface area contributed by atoms with Crippen molar-refractivity contribution >= 4 is 11.7 Å². The van der Waals surface area contributed by atoms with Gasteiger partial charge in [0, 0.05) is 12.1 Å². The van der Waals surface area contributed by atoms with Gasteiger partial charge in [0.05, 0.1) is 11.3 Å². The van der Waals surface area contributed by atoms with E-state index in [9.17, 15) is 14.9 Å². The minimum atomic E-state index is -0.462. The Hall–Kier alpha value is -1.91. The van der Waals surface area contributed by atoms with Crippen LogP contribution in [0.15, 0.2) is 18.2 Å². The van der Waals surface area contributed by atoms with Crippen LogP contribution in [-0.2, 0) is 22.6 Å². The largest absolute Gasteiger partial charge is 0.461 e. The minimum absolute atomic E-state index is 0.0294. The first-order valence-electron chi connectivity index (χ1n) is 4.08. The highest BCUT2D eigenvalue weighted by Crippen LogP contribution is 2.22. The second-order valence-corrected chi connectivity index (χ2v) is 3.05. The zero-order valence-corrected chi connectivity index (χ0v) is 7.23. The lowest BCUT2D eigenvalue weighted by atomic mass is 10.0. The van der Waals surface area contributed by atoms with Crippen molar-refractivity contribution in [1.82, 2.24) is 0 Å². The quantitative estimate of drug-likeness (QED) is 0.381. The maximum absolute atomic E-state index is 10.9. The maximum atomic E-state index is 10.9. The molecule has 5 nitrogen and oxygen atoms in total. The van der Waals surface area contributed by atoms with E-state index in [1.54, 1.807) is 6.07 Å². The number of hydrogen-bond donors (Lipinski definition) is 0. The van der Waals surface area contributed by atoms with Crippen molar-refractivity contribution in [3.05, 3.63) is 39.4 Å². The number of fused-ring (bicyclic) bond motifs is 1. The Morgan fingerprint density at radius 3 is 2.86 bits per heavy atom. The van der Waals surface area contributed by atoms with Gasteiger partial charge in [0.15, 0.2) is 0 Å². The van der Waals surface area contributed by atoms with Gasteiger partial charge in [0.25, 0.3) is 5.69 Å². The van der Waals surface area contributed by atoms with Gasteiger partial charge in [-0.05, 0) is 11.1 Å². The molecule has 0 saturated heterocycles. The standard InChI is InChI=1S/C9H7NO4/c11-9-4-6-1-2-8(10(12)13)3-7(6)5-14-9/h1-3H,4-5H2. The molecule has 0 amide bonds. The Labute approximate surface area is 79.4 Å². The Kier molecular flexibility index (Phi) is 1.92. The smallest absolute Gasteiger partial charge is 0.310 e. The Morgan fingerprint density at radius 2 is 2.14 bits per heavy atom. The molecule has 1 heterocycles. The lowest BCUT2D eigenvalue weighted by molar-refractivity contribution is -0.385. The summed E-state index contributed by atoms with van der Waals surface area (Å²) in [6, 6.07) is 4.45. The molecule has 0 saturated carbocycles. The molecule has 0 N–H and O–H groups in total. The summed E-state index contributed by atoms with van der Waals surface area (Å²) >= 11 is 0. The van der Waals surface area contributed by atoms with Crippen LogP contribution >= 0.6 is 0 Å². The highest BCUT2D eigenvalue weighted by molar-refractivity contribution is 5.74. The topological polar surface area (TPSA) is 69.4 Å². The molecule has 0 bridgehead atoms. The molecular weight excluding hydrogens is 186 g/mol. The molecule has 72 valence electrons. The lowest BCUT2D eigenvalue weighted by Gasteiger charge is -2.14. The summed E-state index contributed by atoms with van der Waals surface area (Å²) in [6.45, 7) is 0.135. The van der Waals surface area contributed by atoms with E-state index in [1.165, 1.54) is 12.1 Å². The third-order valence-corrected chi connectivity index (χ3v) is 2.12. The summed E-state index contributed by atoms with van der Waals surface area (Å²) in [6.07, 6.45) is 0.202. The number of nitro benzene ring substituents is 1. The Morgan fingerprint density at radius 1 is 1.36 bits per heavy atom. The third-order valence-electron chi connectivity index (χ3n) is 2.12. The summed E-state index contributed by atoms with van der Waals surface area (Å²) < 4.78 is 4.78. The molecule has 0 fully saturated rings. The summed E-state index contributed by atoms with van der Waals surface area (Å²) in [7, 11) is 0. The second-order valence-electron chi connectivity index (χ2n) is 3.05. The van der Waals surface area contributed by atoms with Crippen LogP contribution < -0.4 is 0 Å². The van der Waals surface area contributed by atoms with Gasteiger partial charge in [-0.25, -0.2) is 0 Å². The molecule has 2 rings (SSSR count). The molecule has 1 aliphatic rings. The first kappa shape index (κ1) is 8.68. The molecule has 1 aromatic carbocycles. The van der Waals surface area contributed by atoms with Crippen LogP contribution in [0.25, 0.3) is 0 Å². The summed E-state index contributed by atoms with van der Waals surface area (Å²) in [5.74, 6) is -0.286. The number of benzene rings is 1. The average molecular weight is 193 g/mol. The van der Waals surface area contributed by atoms with Gasteiger partial charge in [-0.15, -0.1) is 0 Å². The Balaban J connectivity index is 2.41.